The number of imidazole rings is 1. The molecule has 0 aliphatic carbocycles. The van der Waals surface area contributed by atoms with Crippen LogP contribution in [0.4, 0.5) is 0 Å². The lowest BCUT2D eigenvalue weighted by Crippen LogP contribution is -2.63. The second-order valence-electron chi connectivity index (χ2n) is 8.31. The summed E-state index contributed by atoms with van der Waals surface area (Å²) in [7, 11) is 2.05. The van der Waals surface area contributed by atoms with Crippen LogP contribution in [-0.2, 0) is 27.9 Å². The highest BCUT2D eigenvalue weighted by atomic mass is 16.7. The van der Waals surface area contributed by atoms with Crippen LogP contribution in [0.25, 0.3) is 11.0 Å². The number of hydrogen-bond acceptors (Lipinski definition) is 6. The van der Waals surface area contributed by atoms with E-state index in [0.29, 0.717) is 45.1 Å². The Kier molecular flexibility index (Phi) is 5.82. The average molecular weight is 437 g/mol. The van der Waals surface area contributed by atoms with E-state index in [1.54, 1.807) is 4.90 Å². The number of para-hydroxylation sites is 3. The lowest BCUT2D eigenvalue weighted by molar-refractivity contribution is -0.290. The van der Waals surface area contributed by atoms with Gasteiger partial charge in [0, 0.05) is 20.1 Å². The predicted octanol–water partition coefficient (Wildman–Crippen LogP) is 2.04. The molecule has 8 heteroatoms. The average Bonchev–Trinajstić information content (AvgIpc) is 3.13. The zero-order chi connectivity index (χ0) is 22.0. The monoisotopic (exact) mass is 436 g/mol. The first-order chi connectivity index (χ1) is 15.6. The molecule has 2 fully saturated rings. The van der Waals surface area contributed by atoms with Gasteiger partial charge >= 0.3 is 0 Å². The van der Waals surface area contributed by atoms with Crippen molar-refractivity contribution in [3.05, 3.63) is 60.4 Å². The molecule has 8 nitrogen and oxygen atoms in total. The zero-order valence-electron chi connectivity index (χ0n) is 18.3. The minimum Gasteiger partial charge on any atom is -0.484 e. The van der Waals surface area contributed by atoms with E-state index in [4.69, 9.17) is 19.2 Å². The molecule has 2 aliphatic rings. The number of ether oxygens (including phenoxy) is 3. The van der Waals surface area contributed by atoms with Gasteiger partial charge in [-0.15, -0.1) is 0 Å². The first-order valence-electron chi connectivity index (χ1n) is 11.0. The maximum absolute atomic E-state index is 12.8. The summed E-state index contributed by atoms with van der Waals surface area (Å²) in [5, 5.41) is 0. The molecule has 0 bridgehead atoms. The van der Waals surface area contributed by atoms with E-state index < -0.39 is 5.79 Å². The predicted molar refractivity (Wildman–Crippen MR) is 119 cm³/mol. The fourth-order valence-corrected chi connectivity index (χ4v) is 4.40. The molecular weight excluding hydrogens is 408 g/mol. The van der Waals surface area contributed by atoms with E-state index in [1.807, 2.05) is 55.6 Å². The molecule has 5 rings (SSSR count). The smallest absolute Gasteiger partial charge is 0.260 e. The number of nitrogens with zero attached hydrogens (tertiary/aromatic N) is 4. The number of aryl methyl sites for hydroxylation is 1. The highest BCUT2D eigenvalue weighted by Crippen LogP contribution is 2.26. The van der Waals surface area contributed by atoms with Crippen molar-refractivity contribution in [3.63, 3.8) is 0 Å². The molecule has 2 aromatic carbocycles. The first-order valence-corrected chi connectivity index (χ1v) is 11.0. The minimum absolute atomic E-state index is 0.00364. The minimum atomic E-state index is -0.816. The molecule has 3 heterocycles. The number of fused-ring (bicyclic) bond motifs is 1. The van der Waals surface area contributed by atoms with E-state index in [0.717, 1.165) is 23.4 Å². The van der Waals surface area contributed by atoms with Crippen molar-refractivity contribution < 1.29 is 19.0 Å². The molecule has 0 saturated carbocycles. The van der Waals surface area contributed by atoms with Crippen LogP contribution in [0.1, 0.15) is 5.82 Å². The Labute approximate surface area is 187 Å². The van der Waals surface area contributed by atoms with Crippen LogP contribution in [0.5, 0.6) is 5.75 Å². The number of carbonyl (C=O) groups is 1. The van der Waals surface area contributed by atoms with Crippen LogP contribution in [0.15, 0.2) is 54.6 Å². The van der Waals surface area contributed by atoms with Crippen molar-refractivity contribution in [2.75, 3.05) is 46.0 Å². The molecule has 168 valence electrons. The second-order valence-corrected chi connectivity index (χ2v) is 8.31. The summed E-state index contributed by atoms with van der Waals surface area (Å²) in [6.07, 6.45) is 0. The van der Waals surface area contributed by atoms with Gasteiger partial charge in [-0.1, -0.05) is 30.3 Å². The molecule has 2 saturated heterocycles. The fraction of sp³-hybridized carbons (Fsp3) is 0.417. The molecule has 2 aliphatic heterocycles. The van der Waals surface area contributed by atoms with Crippen LogP contribution in [0.2, 0.25) is 0 Å². The number of rotatable bonds is 5. The summed E-state index contributed by atoms with van der Waals surface area (Å²) in [4.78, 5) is 21.6. The molecule has 1 aromatic heterocycles. The van der Waals surface area contributed by atoms with Gasteiger partial charge in [0.15, 0.2) is 12.4 Å². The Morgan fingerprint density at radius 3 is 2.59 bits per heavy atom. The summed E-state index contributed by atoms with van der Waals surface area (Å²) < 4.78 is 19.9. The van der Waals surface area contributed by atoms with Gasteiger partial charge in [0.1, 0.15) is 11.6 Å². The van der Waals surface area contributed by atoms with Crippen molar-refractivity contribution in [1.29, 1.82) is 0 Å². The number of hydrogen-bond donors (Lipinski definition) is 0. The van der Waals surface area contributed by atoms with E-state index >= 15 is 0 Å². The third-order valence-corrected chi connectivity index (χ3v) is 6.10. The van der Waals surface area contributed by atoms with E-state index in [1.165, 1.54) is 0 Å². The summed E-state index contributed by atoms with van der Waals surface area (Å²) >= 11 is 0. The molecule has 1 amide bonds. The molecule has 32 heavy (non-hydrogen) atoms. The van der Waals surface area contributed by atoms with Crippen molar-refractivity contribution >= 4 is 16.9 Å². The maximum atomic E-state index is 12.8. The second kappa shape index (κ2) is 8.90. The Hall–Kier alpha value is -2.94. The van der Waals surface area contributed by atoms with Gasteiger partial charge in [-0.2, -0.15) is 0 Å². The van der Waals surface area contributed by atoms with E-state index in [-0.39, 0.29) is 12.5 Å². The number of aromatic nitrogens is 2. The van der Waals surface area contributed by atoms with Crippen LogP contribution in [0, 0.1) is 0 Å². The van der Waals surface area contributed by atoms with Crippen LogP contribution >= 0.6 is 0 Å². The Morgan fingerprint density at radius 1 is 1.03 bits per heavy atom. The normalized spacial score (nSPS) is 21.8. The summed E-state index contributed by atoms with van der Waals surface area (Å²) in [5.74, 6) is 0.811. The van der Waals surface area contributed by atoms with Crippen molar-refractivity contribution in [2.24, 2.45) is 7.05 Å². The van der Waals surface area contributed by atoms with E-state index in [2.05, 4.69) is 15.5 Å². The molecule has 1 unspecified atom stereocenters. The van der Waals surface area contributed by atoms with Crippen molar-refractivity contribution in [1.82, 2.24) is 19.4 Å². The van der Waals surface area contributed by atoms with Gasteiger partial charge < -0.3 is 23.7 Å². The zero-order valence-corrected chi connectivity index (χ0v) is 18.3. The highest BCUT2D eigenvalue weighted by Gasteiger charge is 2.43. The third-order valence-electron chi connectivity index (χ3n) is 6.10. The largest absolute Gasteiger partial charge is 0.484 e. The molecule has 0 radical (unpaired) electrons. The quantitative estimate of drug-likeness (QED) is 0.610. The highest BCUT2D eigenvalue weighted by molar-refractivity contribution is 5.78. The maximum Gasteiger partial charge on any atom is 0.260 e. The van der Waals surface area contributed by atoms with Gasteiger partial charge in [0.05, 0.1) is 43.9 Å². The van der Waals surface area contributed by atoms with Gasteiger partial charge in [0.25, 0.3) is 5.91 Å². The fourth-order valence-electron chi connectivity index (χ4n) is 4.40. The lowest BCUT2D eigenvalue weighted by Gasteiger charge is -2.47. The first kappa shape index (κ1) is 20.9. The van der Waals surface area contributed by atoms with Crippen LogP contribution in [0.3, 0.4) is 0 Å². The van der Waals surface area contributed by atoms with E-state index in [9.17, 15) is 4.79 Å². The Bertz CT molecular complexity index is 1080. The lowest BCUT2D eigenvalue weighted by atomic mass is 10.1. The molecular formula is C24H28N4O4. The van der Waals surface area contributed by atoms with Gasteiger partial charge in [0.2, 0.25) is 0 Å². The third kappa shape index (κ3) is 4.34. The van der Waals surface area contributed by atoms with Crippen LogP contribution in [-0.4, -0.2) is 77.0 Å². The molecule has 3 aromatic rings. The topological polar surface area (TPSA) is 69.1 Å². The molecule has 1 spiro atoms. The Balaban J connectivity index is 1.23. The standard InChI is InChI=1S/C24H28N4O4/c1-26-21-10-6-5-9-20(21)25-22(26)15-27-11-13-31-24(17-27)18-28(12-14-32-24)23(29)16-30-19-7-3-2-4-8-19/h2-10H,11-18H2,1H3. The summed E-state index contributed by atoms with van der Waals surface area (Å²) in [6, 6.07) is 17.5. The number of carbonyl (C=O) groups excluding carboxylic acids is 1. The molecule has 1 atom stereocenters. The number of benzene rings is 2. The summed E-state index contributed by atoms with van der Waals surface area (Å²) in [6.45, 7) is 3.99. The van der Waals surface area contributed by atoms with Gasteiger partial charge in [-0.3, -0.25) is 9.69 Å². The SMILES string of the molecule is Cn1c(CN2CCOC3(C2)CN(C(=O)COc2ccccc2)CCO3)nc2ccccc21. The van der Waals surface area contributed by atoms with Crippen molar-refractivity contribution in [3.8, 4) is 5.75 Å². The molecule has 0 N–H and O–H groups in total. The van der Waals surface area contributed by atoms with Crippen molar-refractivity contribution in [2.45, 2.75) is 12.3 Å². The summed E-state index contributed by atoms with van der Waals surface area (Å²) in [5.41, 5.74) is 2.12. The Morgan fingerprint density at radius 2 is 1.78 bits per heavy atom. The number of morpholine rings is 2. The number of amides is 1. The van der Waals surface area contributed by atoms with Gasteiger partial charge in [-0.25, -0.2) is 4.98 Å². The van der Waals surface area contributed by atoms with Gasteiger partial charge in [-0.05, 0) is 24.3 Å². The van der Waals surface area contributed by atoms with Crippen LogP contribution < -0.4 is 4.74 Å².